The van der Waals surface area contributed by atoms with Gasteiger partial charge in [-0.2, -0.15) is 0 Å². The number of hydrogen-bond acceptors (Lipinski definition) is 6. The van der Waals surface area contributed by atoms with E-state index >= 15 is 0 Å². The lowest BCUT2D eigenvalue weighted by molar-refractivity contribution is -0.108. The number of nitrogens with zero attached hydrogens (tertiary/aromatic N) is 2. The summed E-state index contributed by atoms with van der Waals surface area (Å²) in [7, 11) is 1.71. The summed E-state index contributed by atoms with van der Waals surface area (Å²) in [6, 6.07) is 12.4. The van der Waals surface area contributed by atoms with Crippen molar-refractivity contribution in [2.24, 2.45) is 0 Å². The summed E-state index contributed by atoms with van der Waals surface area (Å²) in [4.78, 5) is 40.2. The van der Waals surface area contributed by atoms with E-state index in [1.54, 1.807) is 19.2 Å². The molecule has 0 aliphatic rings. The first-order chi connectivity index (χ1) is 15.1. The molecule has 2 aromatic heterocycles. The number of rotatable bonds is 5. The van der Waals surface area contributed by atoms with Crippen LogP contribution in [0.15, 0.2) is 47.3 Å². The molecule has 0 unspecified atom stereocenters. The number of nitrogens with two attached hydrogens (primary N) is 1. The molecule has 0 aliphatic carbocycles. The molecule has 0 saturated carbocycles. The van der Waals surface area contributed by atoms with Crippen LogP contribution in [0, 0.1) is 6.92 Å². The third-order valence-electron chi connectivity index (χ3n) is 4.65. The van der Waals surface area contributed by atoms with Gasteiger partial charge in [-0.3, -0.25) is 14.2 Å². The molecule has 3 rings (SSSR count). The normalized spacial score (nSPS) is 10.9. The maximum atomic E-state index is 12.6. The zero-order chi connectivity index (χ0) is 23.9. The summed E-state index contributed by atoms with van der Waals surface area (Å²) in [6.07, 6.45) is 0.583. The Bertz CT molecular complexity index is 1150. The zero-order valence-corrected chi connectivity index (χ0v) is 19.1. The molecule has 3 aromatic rings. The molecule has 0 fully saturated rings. The number of aryl methyl sites for hydroxylation is 1. The van der Waals surface area contributed by atoms with Gasteiger partial charge in [0.25, 0.3) is 11.5 Å². The molecule has 1 aromatic carbocycles. The predicted octanol–water partition coefficient (Wildman–Crippen LogP) is 2.85. The Morgan fingerprint density at radius 3 is 2.38 bits per heavy atom. The highest BCUT2D eigenvalue weighted by Gasteiger charge is 2.16. The third-order valence-corrected chi connectivity index (χ3v) is 4.65. The van der Waals surface area contributed by atoms with E-state index in [0.29, 0.717) is 18.2 Å². The molecular weight excluding hydrogens is 408 g/mol. The molecule has 0 saturated heterocycles. The number of ether oxygens (including phenoxy) is 1. The number of carbonyl (C=O) groups is 2. The molecular formula is C24H30N4O4. The largest absolute Gasteiger partial charge is 0.384 e. The molecule has 0 spiro atoms. The van der Waals surface area contributed by atoms with Crippen molar-refractivity contribution >= 4 is 29.0 Å². The van der Waals surface area contributed by atoms with Crippen LogP contribution >= 0.6 is 0 Å². The number of fused-ring (bicyclic) bond motifs is 1. The molecule has 32 heavy (non-hydrogen) atoms. The van der Waals surface area contributed by atoms with Crippen LogP contribution in [0.3, 0.4) is 0 Å². The van der Waals surface area contributed by atoms with Gasteiger partial charge in [0.2, 0.25) is 0 Å². The highest BCUT2D eigenvalue weighted by molar-refractivity contribution is 5.97. The first-order valence-electron chi connectivity index (χ1n) is 10.2. The summed E-state index contributed by atoms with van der Waals surface area (Å²) in [6.45, 7) is 8.13. The van der Waals surface area contributed by atoms with E-state index in [0.717, 1.165) is 15.7 Å². The van der Waals surface area contributed by atoms with Gasteiger partial charge in [0.1, 0.15) is 23.3 Å². The number of aldehydes is 1. The molecule has 0 atom stereocenters. The van der Waals surface area contributed by atoms with Gasteiger partial charge in [-0.1, -0.05) is 29.8 Å². The highest BCUT2D eigenvalue weighted by atomic mass is 16.5. The molecule has 0 radical (unpaired) electrons. The van der Waals surface area contributed by atoms with Gasteiger partial charge in [-0.25, -0.2) is 4.98 Å². The first kappa shape index (κ1) is 24.7. The van der Waals surface area contributed by atoms with Crippen molar-refractivity contribution in [2.75, 3.05) is 12.8 Å². The fraction of sp³-hybridized carbons (Fsp3) is 0.333. The fourth-order valence-electron chi connectivity index (χ4n) is 2.65. The van der Waals surface area contributed by atoms with E-state index < -0.39 is 11.5 Å². The lowest BCUT2D eigenvalue weighted by atomic mass is 10.1. The topological polar surface area (TPSA) is 116 Å². The Labute approximate surface area is 187 Å². The molecule has 0 bridgehead atoms. The third kappa shape index (κ3) is 6.75. The molecule has 8 heteroatoms. The molecule has 0 aliphatic heterocycles. The Morgan fingerprint density at radius 2 is 1.81 bits per heavy atom. The van der Waals surface area contributed by atoms with Crippen molar-refractivity contribution in [3.63, 3.8) is 0 Å². The van der Waals surface area contributed by atoms with Gasteiger partial charge < -0.3 is 20.6 Å². The second-order valence-corrected chi connectivity index (χ2v) is 8.27. The van der Waals surface area contributed by atoms with Crippen LogP contribution in [0.1, 0.15) is 42.3 Å². The van der Waals surface area contributed by atoms with Gasteiger partial charge in [0.05, 0.1) is 12.1 Å². The molecule has 2 heterocycles. The van der Waals surface area contributed by atoms with E-state index in [-0.39, 0.29) is 29.2 Å². The van der Waals surface area contributed by atoms with Crippen LogP contribution in [-0.4, -0.2) is 34.5 Å². The number of nitrogens with one attached hydrogen (secondary N) is 1. The smallest absolute Gasteiger partial charge is 0.265 e. The van der Waals surface area contributed by atoms with Crippen LogP contribution < -0.4 is 16.6 Å². The number of anilines is 1. The average molecular weight is 439 g/mol. The van der Waals surface area contributed by atoms with E-state index in [4.69, 9.17) is 10.5 Å². The number of pyridine rings is 2. The van der Waals surface area contributed by atoms with Crippen LogP contribution in [0.5, 0.6) is 0 Å². The van der Waals surface area contributed by atoms with Crippen molar-refractivity contribution in [1.29, 1.82) is 0 Å². The molecule has 3 N–H and O–H groups in total. The number of amides is 1. The lowest BCUT2D eigenvalue weighted by Crippen LogP contribution is -2.33. The van der Waals surface area contributed by atoms with Crippen LogP contribution in [0.4, 0.5) is 5.82 Å². The predicted molar refractivity (Wildman–Crippen MR) is 126 cm³/mol. The first-order valence-corrected chi connectivity index (χ1v) is 10.2. The van der Waals surface area contributed by atoms with Crippen LogP contribution in [0.25, 0.3) is 11.0 Å². The highest BCUT2D eigenvalue weighted by Crippen LogP contribution is 2.14. The Hall–Kier alpha value is -3.52. The molecule has 8 nitrogen and oxygen atoms in total. The van der Waals surface area contributed by atoms with E-state index in [9.17, 15) is 14.4 Å². The maximum Gasteiger partial charge on any atom is 0.265 e. The van der Waals surface area contributed by atoms with Crippen molar-refractivity contribution in [3.8, 4) is 0 Å². The van der Waals surface area contributed by atoms with Gasteiger partial charge in [-0.15, -0.1) is 0 Å². The summed E-state index contributed by atoms with van der Waals surface area (Å²) in [5.41, 5.74) is 7.41. The van der Waals surface area contributed by atoms with Crippen LogP contribution in [-0.2, 0) is 22.6 Å². The molecule has 170 valence electrons. The van der Waals surface area contributed by atoms with Crippen molar-refractivity contribution in [3.05, 3.63) is 69.5 Å². The summed E-state index contributed by atoms with van der Waals surface area (Å²) in [5.74, 6) is -0.276. The number of hydrogen-bond donors (Lipinski definition) is 2. The minimum atomic E-state index is -0.580. The maximum absolute atomic E-state index is 12.6. The quantitative estimate of drug-likeness (QED) is 0.592. The average Bonchev–Trinajstić information content (AvgIpc) is 2.75. The second-order valence-electron chi connectivity index (χ2n) is 8.27. The van der Waals surface area contributed by atoms with Crippen molar-refractivity contribution in [1.82, 2.24) is 14.9 Å². The van der Waals surface area contributed by atoms with Gasteiger partial charge in [-0.05, 0) is 51.5 Å². The fourth-order valence-corrected chi connectivity index (χ4v) is 2.65. The van der Waals surface area contributed by atoms with Crippen LogP contribution in [0.2, 0.25) is 0 Å². The number of benzene rings is 1. The number of carbonyl (C=O) groups excluding carboxylic acids is 2. The zero-order valence-electron chi connectivity index (χ0n) is 19.1. The number of methoxy groups -OCH3 is 1. The molecule has 1 amide bonds. The SMILES string of the molecule is COC(C)(C)C.Cc1ccc(CNC(=O)c2cc3ccc(N)nc3n(CC=O)c2=O)cc1. The minimum absolute atomic E-state index is 0.0417. The van der Waals surface area contributed by atoms with Gasteiger partial charge in [0, 0.05) is 19.0 Å². The standard InChI is InChI=1S/C19H18N4O3.C5H12O/c1-12-2-4-13(5-3-12)11-21-18(25)15-10-14-6-7-16(20)22-17(14)23(8-9-24)19(15)26;1-5(2,3)6-4/h2-7,9-10H,8,11H2,1H3,(H2,20,22)(H,21,25);1-4H3. The van der Waals surface area contributed by atoms with Gasteiger partial charge in [0.15, 0.2) is 0 Å². The monoisotopic (exact) mass is 438 g/mol. The minimum Gasteiger partial charge on any atom is -0.384 e. The lowest BCUT2D eigenvalue weighted by Gasteiger charge is -2.14. The van der Waals surface area contributed by atoms with Crippen molar-refractivity contribution < 1.29 is 14.3 Å². The number of nitrogen functional groups attached to an aromatic ring is 1. The Kier molecular flexibility index (Phi) is 8.26. The second kappa shape index (κ2) is 10.7. The summed E-state index contributed by atoms with van der Waals surface area (Å²) >= 11 is 0. The Balaban J connectivity index is 0.000000534. The number of aromatic nitrogens is 2. The van der Waals surface area contributed by atoms with Gasteiger partial charge >= 0.3 is 0 Å². The van der Waals surface area contributed by atoms with E-state index in [1.165, 1.54) is 6.07 Å². The summed E-state index contributed by atoms with van der Waals surface area (Å²) < 4.78 is 6.09. The summed E-state index contributed by atoms with van der Waals surface area (Å²) in [5, 5.41) is 3.29. The Morgan fingerprint density at radius 1 is 1.19 bits per heavy atom. The van der Waals surface area contributed by atoms with E-state index in [1.807, 2.05) is 52.0 Å². The van der Waals surface area contributed by atoms with E-state index in [2.05, 4.69) is 10.3 Å². The van der Waals surface area contributed by atoms with Crippen molar-refractivity contribution in [2.45, 2.75) is 46.4 Å².